The van der Waals surface area contributed by atoms with E-state index >= 15 is 0 Å². The molecule has 3 aliphatic heterocycles. The number of rotatable bonds is 11. The molecule has 0 bridgehead atoms. The third kappa shape index (κ3) is 5.62. The molecular formula is C26H38N4O5. The van der Waals surface area contributed by atoms with Crippen LogP contribution in [0.5, 0.6) is 5.75 Å². The molecule has 3 N–H and O–H groups in total. The van der Waals surface area contributed by atoms with Crippen LogP contribution in [0.1, 0.15) is 49.7 Å². The van der Waals surface area contributed by atoms with E-state index in [-0.39, 0.29) is 24.3 Å². The highest BCUT2D eigenvalue weighted by Gasteiger charge is 2.48. The van der Waals surface area contributed by atoms with Gasteiger partial charge in [0.2, 0.25) is 11.8 Å². The van der Waals surface area contributed by atoms with Crippen LogP contribution in [-0.4, -0.2) is 96.1 Å². The quantitative estimate of drug-likeness (QED) is 0.484. The molecule has 3 aliphatic rings. The summed E-state index contributed by atoms with van der Waals surface area (Å²) in [5.41, 5.74) is 7.82. The van der Waals surface area contributed by atoms with Crippen LogP contribution in [0.4, 0.5) is 0 Å². The first-order valence-corrected chi connectivity index (χ1v) is 12.9. The predicted octanol–water partition coefficient (Wildman–Crippen LogP) is 1.30. The van der Waals surface area contributed by atoms with Gasteiger partial charge in [-0.1, -0.05) is 25.5 Å². The van der Waals surface area contributed by atoms with E-state index in [0.29, 0.717) is 52.3 Å². The Hall–Kier alpha value is -2.65. The fourth-order valence-electron chi connectivity index (χ4n) is 5.76. The van der Waals surface area contributed by atoms with Gasteiger partial charge in [0.25, 0.3) is 0 Å². The van der Waals surface area contributed by atoms with Gasteiger partial charge in [0.15, 0.2) is 0 Å². The van der Waals surface area contributed by atoms with Crippen LogP contribution in [0.15, 0.2) is 18.2 Å². The number of likely N-dealkylation sites (tertiary alicyclic amines) is 2. The third-order valence-corrected chi connectivity index (χ3v) is 7.63. The van der Waals surface area contributed by atoms with E-state index in [1.807, 2.05) is 17.0 Å². The van der Waals surface area contributed by atoms with Crippen LogP contribution < -0.4 is 10.5 Å². The number of unbranched alkanes of at least 4 members (excludes halogenated alkanes) is 1. The van der Waals surface area contributed by atoms with Gasteiger partial charge in [0, 0.05) is 64.1 Å². The maximum Gasteiger partial charge on any atom is 0.308 e. The maximum atomic E-state index is 13.3. The van der Waals surface area contributed by atoms with E-state index in [9.17, 15) is 19.5 Å². The van der Waals surface area contributed by atoms with E-state index in [1.54, 1.807) is 9.80 Å². The predicted molar refractivity (Wildman–Crippen MR) is 131 cm³/mol. The number of benzene rings is 1. The number of ether oxygens (including phenoxy) is 1. The Morgan fingerprint density at radius 2 is 2.09 bits per heavy atom. The lowest BCUT2D eigenvalue weighted by Crippen LogP contribution is -2.49. The fourth-order valence-corrected chi connectivity index (χ4v) is 5.76. The van der Waals surface area contributed by atoms with Crippen LogP contribution in [0.2, 0.25) is 0 Å². The van der Waals surface area contributed by atoms with Crippen molar-refractivity contribution in [2.24, 2.45) is 11.7 Å². The summed E-state index contributed by atoms with van der Waals surface area (Å²) in [5, 5.41) is 10.3. The normalized spacial score (nSPS) is 24.0. The number of nitrogens with zero attached hydrogens (tertiary/aromatic N) is 3. The summed E-state index contributed by atoms with van der Waals surface area (Å²) in [7, 11) is 0. The molecule has 2 saturated heterocycles. The lowest BCUT2D eigenvalue weighted by atomic mass is 9.84. The summed E-state index contributed by atoms with van der Waals surface area (Å²) >= 11 is 0. The van der Waals surface area contributed by atoms with Crippen molar-refractivity contribution in [3.8, 4) is 5.75 Å². The van der Waals surface area contributed by atoms with Gasteiger partial charge in [-0.2, -0.15) is 0 Å². The van der Waals surface area contributed by atoms with Gasteiger partial charge in [-0.15, -0.1) is 0 Å². The minimum Gasteiger partial charge on any atom is -0.493 e. The molecule has 1 unspecified atom stereocenters. The lowest BCUT2D eigenvalue weighted by molar-refractivity contribution is -0.144. The Morgan fingerprint density at radius 3 is 2.77 bits per heavy atom. The molecule has 0 aromatic heterocycles. The minimum atomic E-state index is -0.886. The number of carboxylic acid groups (broad SMARTS) is 1. The van der Waals surface area contributed by atoms with Crippen LogP contribution in [0, 0.1) is 5.92 Å². The molecule has 1 aromatic carbocycles. The largest absolute Gasteiger partial charge is 0.493 e. The Balaban J connectivity index is 1.61. The molecule has 0 saturated carbocycles. The Bertz CT molecular complexity index is 938. The second kappa shape index (κ2) is 11.4. The van der Waals surface area contributed by atoms with Crippen molar-refractivity contribution in [2.45, 2.75) is 51.0 Å². The number of aliphatic carboxylic acids is 1. The number of nitrogens with two attached hydrogens (primary N) is 1. The van der Waals surface area contributed by atoms with Gasteiger partial charge >= 0.3 is 5.97 Å². The minimum absolute atomic E-state index is 0.0335. The van der Waals surface area contributed by atoms with E-state index in [1.165, 1.54) is 0 Å². The fraction of sp³-hybridized carbons (Fsp3) is 0.654. The summed E-state index contributed by atoms with van der Waals surface area (Å²) in [5.74, 6) is -0.982. The summed E-state index contributed by atoms with van der Waals surface area (Å²) in [6, 6.07) is 5.51. The Labute approximate surface area is 207 Å². The molecule has 0 radical (unpaired) electrons. The molecule has 3 heterocycles. The first-order valence-electron chi connectivity index (χ1n) is 12.9. The molecule has 2 amide bonds. The maximum absolute atomic E-state index is 13.3. The standard InChI is InChI=1S/C26H38N4O5/c1-2-3-10-28(12-9-27)24(32)17-30-15-20(18-6-7-22-19(14-18)8-13-35-22)25(26(33)34)21(30)16-29-11-4-5-23(29)31/h6-7,14,20-21,25H,2-5,8-13,15-17,27H2,1H3,(H,33,34)/t20-,21+,25?/m1/s1. The second-order valence-electron chi connectivity index (χ2n) is 9.90. The van der Waals surface area contributed by atoms with Crippen molar-refractivity contribution < 1.29 is 24.2 Å². The number of carbonyl (C=O) groups is 3. The number of fused-ring (bicyclic) bond motifs is 1. The number of carbonyl (C=O) groups excluding carboxylic acids is 2. The molecule has 9 nitrogen and oxygen atoms in total. The number of hydrogen-bond acceptors (Lipinski definition) is 6. The molecule has 4 rings (SSSR count). The number of carboxylic acids is 1. The van der Waals surface area contributed by atoms with Crippen molar-refractivity contribution in [1.29, 1.82) is 0 Å². The number of hydrogen-bond donors (Lipinski definition) is 2. The Kier molecular flexibility index (Phi) is 8.28. The molecule has 192 valence electrons. The third-order valence-electron chi connectivity index (χ3n) is 7.63. The molecule has 2 fully saturated rings. The SMILES string of the molecule is CCCCN(CCN)C(=O)CN1C[C@H](c2ccc3c(c2)CCO3)C(C(=O)O)[C@@H]1CN1CCCC1=O. The summed E-state index contributed by atoms with van der Waals surface area (Å²) < 4.78 is 5.64. The van der Waals surface area contributed by atoms with E-state index in [4.69, 9.17) is 10.5 Å². The first kappa shape index (κ1) is 25.4. The highest BCUT2D eigenvalue weighted by atomic mass is 16.5. The van der Waals surface area contributed by atoms with Gasteiger partial charge in [-0.3, -0.25) is 19.3 Å². The average Bonchev–Trinajstić information content (AvgIpc) is 3.55. The monoisotopic (exact) mass is 486 g/mol. The zero-order valence-corrected chi connectivity index (χ0v) is 20.7. The molecular weight excluding hydrogens is 448 g/mol. The topological polar surface area (TPSA) is 116 Å². The molecule has 35 heavy (non-hydrogen) atoms. The Morgan fingerprint density at radius 1 is 1.26 bits per heavy atom. The van der Waals surface area contributed by atoms with Crippen molar-refractivity contribution in [1.82, 2.24) is 14.7 Å². The highest BCUT2D eigenvalue weighted by Crippen LogP contribution is 2.40. The lowest BCUT2D eigenvalue weighted by Gasteiger charge is -2.32. The van der Waals surface area contributed by atoms with Gasteiger partial charge in [-0.05, 0) is 30.0 Å². The van der Waals surface area contributed by atoms with Crippen molar-refractivity contribution in [3.63, 3.8) is 0 Å². The summed E-state index contributed by atoms with van der Waals surface area (Å²) in [4.78, 5) is 43.9. The molecule has 1 aromatic rings. The van der Waals surface area contributed by atoms with E-state index in [2.05, 4.69) is 13.0 Å². The summed E-state index contributed by atoms with van der Waals surface area (Å²) in [6.07, 6.45) is 3.97. The second-order valence-corrected chi connectivity index (χ2v) is 9.90. The molecule has 0 aliphatic carbocycles. The molecule has 9 heteroatoms. The van der Waals surface area contributed by atoms with Crippen molar-refractivity contribution >= 4 is 17.8 Å². The summed E-state index contributed by atoms with van der Waals surface area (Å²) in [6.45, 7) is 5.80. The average molecular weight is 487 g/mol. The van der Waals surface area contributed by atoms with Crippen LogP contribution in [-0.2, 0) is 20.8 Å². The van der Waals surface area contributed by atoms with Crippen molar-refractivity contribution in [2.75, 3.05) is 52.4 Å². The zero-order chi connectivity index (χ0) is 24.9. The van der Waals surface area contributed by atoms with Gasteiger partial charge < -0.3 is 25.4 Å². The van der Waals surface area contributed by atoms with Gasteiger partial charge in [0.1, 0.15) is 5.75 Å². The number of amides is 2. The highest BCUT2D eigenvalue weighted by molar-refractivity contribution is 5.80. The van der Waals surface area contributed by atoms with Gasteiger partial charge in [-0.25, -0.2) is 0 Å². The van der Waals surface area contributed by atoms with Gasteiger partial charge in [0.05, 0.1) is 19.1 Å². The molecule has 0 spiro atoms. The zero-order valence-electron chi connectivity index (χ0n) is 20.7. The molecule has 3 atom stereocenters. The van der Waals surface area contributed by atoms with E-state index < -0.39 is 17.9 Å². The smallest absolute Gasteiger partial charge is 0.308 e. The van der Waals surface area contributed by atoms with E-state index in [0.717, 1.165) is 42.6 Å². The van der Waals surface area contributed by atoms with Crippen LogP contribution in [0.3, 0.4) is 0 Å². The van der Waals surface area contributed by atoms with Crippen molar-refractivity contribution in [3.05, 3.63) is 29.3 Å². The first-order chi connectivity index (χ1) is 16.9. The van der Waals surface area contributed by atoms with Crippen LogP contribution >= 0.6 is 0 Å². The van der Waals surface area contributed by atoms with Crippen LogP contribution in [0.25, 0.3) is 0 Å².